The number of fused-ring (bicyclic) bond motifs is 1. The maximum atomic E-state index is 5.84. The lowest BCUT2D eigenvalue weighted by atomic mass is 10.1. The quantitative estimate of drug-likeness (QED) is 0.717. The van der Waals surface area contributed by atoms with Crippen LogP contribution in [0.1, 0.15) is 12.5 Å². The van der Waals surface area contributed by atoms with E-state index in [2.05, 4.69) is 23.3 Å². The molecule has 3 aromatic rings. The molecule has 0 aliphatic carbocycles. The highest BCUT2D eigenvalue weighted by atomic mass is 16.5. The Bertz CT molecular complexity index is 690. The van der Waals surface area contributed by atoms with Crippen LogP contribution in [0.4, 0.5) is 0 Å². The van der Waals surface area contributed by atoms with Crippen molar-refractivity contribution in [3.05, 3.63) is 54.1 Å². The van der Waals surface area contributed by atoms with Crippen molar-refractivity contribution in [2.75, 3.05) is 0 Å². The molecule has 0 amide bonds. The highest BCUT2D eigenvalue weighted by molar-refractivity contribution is 5.73. The first kappa shape index (κ1) is 11.7. The van der Waals surface area contributed by atoms with Gasteiger partial charge in [-0.3, -0.25) is 0 Å². The zero-order chi connectivity index (χ0) is 13.1. The zero-order valence-electron chi connectivity index (χ0n) is 10.8. The fourth-order valence-electron chi connectivity index (χ4n) is 2.08. The van der Waals surface area contributed by atoms with Crippen LogP contribution in [0.25, 0.3) is 11.0 Å². The molecule has 3 rings (SSSR count). The molecule has 0 N–H and O–H groups in total. The lowest BCUT2D eigenvalue weighted by Gasteiger charge is -2.10. The smallest absolute Gasteiger partial charge is 0.183 e. The summed E-state index contributed by atoms with van der Waals surface area (Å²) in [5.74, 6) is 0.907. The van der Waals surface area contributed by atoms with Crippen molar-refractivity contribution in [2.45, 2.75) is 20.1 Å². The van der Waals surface area contributed by atoms with Crippen LogP contribution in [-0.4, -0.2) is 15.0 Å². The van der Waals surface area contributed by atoms with Crippen LogP contribution >= 0.6 is 0 Å². The third kappa shape index (κ3) is 2.29. The largest absolute Gasteiger partial charge is 0.471 e. The van der Waals surface area contributed by atoms with E-state index in [-0.39, 0.29) is 0 Å². The predicted octanol–water partition coefficient (Wildman–Crippen LogP) is 3.03. The molecular formula is C15H15N3O. The molecule has 1 heterocycles. The Kier molecular flexibility index (Phi) is 3.14. The monoisotopic (exact) mass is 253 g/mol. The summed E-state index contributed by atoms with van der Waals surface area (Å²) in [5.41, 5.74) is 3.07. The van der Waals surface area contributed by atoms with Gasteiger partial charge in [0.1, 0.15) is 11.3 Å². The summed E-state index contributed by atoms with van der Waals surface area (Å²) in [5, 5.41) is 8.21. The third-order valence-corrected chi connectivity index (χ3v) is 3.12. The van der Waals surface area contributed by atoms with Gasteiger partial charge in [-0.25, -0.2) is 4.68 Å². The van der Waals surface area contributed by atoms with Gasteiger partial charge in [0.05, 0.1) is 5.52 Å². The van der Waals surface area contributed by atoms with Crippen LogP contribution in [-0.2, 0) is 13.2 Å². The SMILES string of the molecule is CCc1ccccc1OCn1nnc2ccccc21. The standard InChI is InChI=1S/C15H15N3O/c1-2-12-7-3-6-10-15(12)19-11-18-14-9-5-4-8-13(14)16-17-18/h3-10H,2,11H2,1H3. The average Bonchev–Trinajstić information content (AvgIpc) is 2.89. The van der Waals surface area contributed by atoms with Gasteiger partial charge in [0.2, 0.25) is 0 Å². The van der Waals surface area contributed by atoms with Crippen molar-refractivity contribution < 1.29 is 4.74 Å². The molecule has 0 aliphatic rings. The van der Waals surface area contributed by atoms with E-state index >= 15 is 0 Å². The summed E-state index contributed by atoms with van der Waals surface area (Å²) in [4.78, 5) is 0. The first-order valence-electron chi connectivity index (χ1n) is 6.37. The van der Waals surface area contributed by atoms with Crippen molar-refractivity contribution >= 4 is 11.0 Å². The average molecular weight is 253 g/mol. The van der Waals surface area contributed by atoms with Gasteiger partial charge < -0.3 is 4.74 Å². The molecule has 0 atom stereocenters. The minimum absolute atomic E-state index is 0.373. The number of hydrogen-bond acceptors (Lipinski definition) is 3. The molecule has 4 nitrogen and oxygen atoms in total. The van der Waals surface area contributed by atoms with E-state index in [1.165, 1.54) is 5.56 Å². The topological polar surface area (TPSA) is 39.9 Å². The lowest BCUT2D eigenvalue weighted by Crippen LogP contribution is -2.07. The summed E-state index contributed by atoms with van der Waals surface area (Å²) >= 11 is 0. The molecular weight excluding hydrogens is 238 g/mol. The second-order valence-corrected chi connectivity index (χ2v) is 4.31. The molecule has 0 radical (unpaired) electrons. The molecule has 0 bridgehead atoms. The van der Waals surface area contributed by atoms with Crippen LogP contribution in [0, 0.1) is 0 Å². The predicted molar refractivity (Wildman–Crippen MR) is 74.0 cm³/mol. The maximum Gasteiger partial charge on any atom is 0.183 e. The Balaban J connectivity index is 1.82. The van der Waals surface area contributed by atoms with Crippen LogP contribution in [0.2, 0.25) is 0 Å². The van der Waals surface area contributed by atoms with Gasteiger partial charge in [0, 0.05) is 0 Å². The van der Waals surface area contributed by atoms with E-state index in [1.54, 1.807) is 4.68 Å². The summed E-state index contributed by atoms with van der Waals surface area (Å²) < 4.78 is 7.61. The number of benzene rings is 2. The second-order valence-electron chi connectivity index (χ2n) is 4.31. The van der Waals surface area contributed by atoms with Gasteiger partial charge in [0.25, 0.3) is 0 Å². The van der Waals surface area contributed by atoms with Crippen molar-refractivity contribution in [2.24, 2.45) is 0 Å². The molecule has 0 aliphatic heterocycles. The Morgan fingerprint density at radius 2 is 1.84 bits per heavy atom. The summed E-state index contributed by atoms with van der Waals surface area (Å²) in [6, 6.07) is 15.9. The fourth-order valence-corrected chi connectivity index (χ4v) is 2.08. The van der Waals surface area contributed by atoms with Gasteiger partial charge in [-0.1, -0.05) is 42.5 Å². The van der Waals surface area contributed by atoms with E-state index in [1.807, 2.05) is 42.5 Å². The van der Waals surface area contributed by atoms with Crippen LogP contribution in [0.3, 0.4) is 0 Å². The van der Waals surface area contributed by atoms with E-state index in [9.17, 15) is 0 Å². The maximum absolute atomic E-state index is 5.84. The number of aromatic nitrogens is 3. The first-order valence-corrected chi connectivity index (χ1v) is 6.37. The van der Waals surface area contributed by atoms with Gasteiger partial charge >= 0.3 is 0 Å². The van der Waals surface area contributed by atoms with E-state index in [0.717, 1.165) is 23.2 Å². The van der Waals surface area contributed by atoms with Gasteiger partial charge in [0.15, 0.2) is 6.73 Å². The molecule has 2 aromatic carbocycles. The van der Waals surface area contributed by atoms with Crippen molar-refractivity contribution in [3.8, 4) is 5.75 Å². The van der Waals surface area contributed by atoms with Crippen molar-refractivity contribution in [3.63, 3.8) is 0 Å². The molecule has 4 heteroatoms. The number of hydrogen-bond donors (Lipinski definition) is 0. The number of aryl methyl sites for hydroxylation is 1. The minimum Gasteiger partial charge on any atom is -0.471 e. The molecule has 0 saturated carbocycles. The van der Waals surface area contributed by atoms with E-state index in [4.69, 9.17) is 4.74 Å². The minimum atomic E-state index is 0.373. The Morgan fingerprint density at radius 3 is 2.74 bits per heavy atom. The summed E-state index contributed by atoms with van der Waals surface area (Å²) in [6.45, 7) is 2.49. The van der Waals surface area contributed by atoms with Crippen LogP contribution < -0.4 is 4.74 Å². The summed E-state index contributed by atoms with van der Waals surface area (Å²) in [7, 11) is 0. The van der Waals surface area contributed by atoms with Crippen molar-refractivity contribution in [1.82, 2.24) is 15.0 Å². The number of nitrogens with zero attached hydrogens (tertiary/aromatic N) is 3. The second kappa shape index (κ2) is 5.10. The van der Waals surface area contributed by atoms with Crippen LogP contribution in [0.15, 0.2) is 48.5 Å². The molecule has 1 aromatic heterocycles. The van der Waals surface area contributed by atoms with Gasteiger partial charge in [-0.15, -0.1) is 5.10 Å². The highest BCUT2D eigenvalue weighted by Crippen LogP contribution is 2.19. The Morgan fingerprint density at radius 1 is 1.05 bits per heavy atom. The van der Waals surface area contributed by atoms with E-state index < -0.39 is 0 Å². The highest BCUT2D eigenvalue weighted by Gasteiger charge is 2.05. The number of rotatable bonds is 4. The fraction of sp³-hybridized carbons (Fsp3) is 0.200. The molecule has 0 saturated heterocycles. The molecule has 0 fully saturated rings. The molecule has 96 valence electrons. The van der Waals surface area contributed by atoms with Crippen molar-refractivity contribution in [1.29, 1.82) is 0 Å². The van der Waals surface area contributed by atoms with Gasteiger partial charge in [-0.05, 0) is 30.2 Å². The molecule has 0 unspecified atom stereocenters. The lowest BCUT2D eigenvalue weighted by molar-refractivity contribution is 0.221. The number of ether oxygens (including phenoxy) is 1. The molecule has 0 spiro atoms. The normalized spacial score (nSPS) is 10.8. The summed E-state index contributed by atoms with van der Waals surface area (Å²) in [6.07, 6.45) is 0.953. The Hall–Kier alpha value is -2.36. The van der Waals surface area contributed by atoms with E-state index in [0.29, 0.717) is 6.73 Å². The zero-order valence-corrected chi connectivity index (χ0v) is 10.8. The third-order valence-electron chi connectivity index (χ3n) is 3.12. The Labute approximate surface area is 111 Å². The van der Waals surface area contributed by atoms with Crippen LogP contribution in [0.5, 0.6) is 5.75 Å². The molecule has 19 heavy (non-hydrogen) atoms. The van der Waals surface area contributed by atoms with Gasteiger partial charge in [-0.2, -0.15) is 0 Å². The number of para-hydroxylation sites is 2. The first-order chi connectivity index (χ1) is 9.38.